The number of aromatic nitrogens is 2. The molecule has 1 saturated heterocycles. The van der Waals surface area contributed by atoms with Crippen LogP contribution in [0.15, 0.2) is 35.1 Å². The molecular formula is C25H33N5O3. The van der Waals surface area contributed by atoms with Crippen molar-refractivity contribution in [3.8, 4) is 12.3 Å². The SMILES string of the molecule is C#CCN1CCN(Cn2c(=O)n(C3=CCN(C(=O)OC(C)(C)C)CC3)c3ccccc32)CC1. The highest BCUT2D eigenvalue weighted by Gasteiger charge is 2.26. The molecule has 2 aliphatic rings. The van der Waals surface area contributed by atoms with Crippen molar-refractivity contribution in [2.75, 3.05) is 45.8 Å². The summed E-state index contributed by atoms with van der Waals surface area (Å²) in [5.41, 5.74) is 2.17. The minimum absolute atomic E-state index is 0.0424. The second-order valence-corrected chi connectivity index (χ2v) is 9.65. The maximum Gasteiger partial charge on any atom is 0.410 e. The van der Waals surface area contributed by atoms with Crippen LogP contribution in [-0.2, 0) is 11.4 Å². The van der Waals surface area contributed by atoms with Crippen LogP contribution in [0, 0.1) is 12.3 Å². The van der Waals surface area contributed by atoms with E-state index in [1.807, 2.05) is 55.7 Å². The number of nitrogens with zero attached hydrogens (tertiary/aromatic N) is 5. The number of rotatable bonds is 4. The highest BCUT2D eigenvalue weighted by molar-refractivity contribution is 5.80. The first-order valence-corrected chi connectivity index (χ1v) is 11.5. The Labute approximate surface area is 195 Å². The fraction of sp³-hybridized carbons (Fsp3) is 0.520. The highest BCUT2D eigenvalue weighted by Crippen LogP contribution is 2.23. The first-order chi connectivity index (χ1) is 15.8. The molecule has 0 spiro atoms. The topological polar surface area (TPSA) is 63.0 Å². The number of hydrogen-bond donors (Lipinski definition) is 0. The Hall–Kier alpha value is -3.02. The second-order valence-electron chi connectivity index (χ2n) is 9.65. The quantitative estimate of drug-likeness (QED) is 0.669. The van der Waals surface area contributed by atoms with E-state index in [1.54, 1.807) is 9.47 Å². The normalized spacial score (nSPS) is 18.2. The Morgan fingerprint density at radius 1 is 1.06 bits per heavy atom. The van der Waals surface area contributed by atoms with Crippen LogP contribution in [0.1, 0.15) is 27.2 Å². The Bertz CT molecular complexity index is 1140. The van der Waals surface area contributed by atoms with Crippen LogP contribution < -0.4 is 5.69 Å². The van der Waals surface area contributed by atoms with Gasteiger partial charge in [0.05, 0.1) is 24.2 Å². The number of ether oxygens (including phenoxy) is 1. The fourth-order valence-corrected chi connectivity index (χ4v) is 4.39. The zero-order chi connectivity index (χ0) is 23.6. The number of benzene rings is 1. The lowest BCUT2D eigenvalue weighted by Gasteiger charge is -2.33. The summed E-state index contributed by atoms with van der Waals surface area (Å²) >= 11 is 0. The maximum atomic E-state index is 13.5. The van der Waals surface area contributed by atoms with Crippen LogP contribution in [0.3, 0.4) is 0 Å². The third-order valence-corrected chi connectivity index (χ3v) is 6.08. The predicted molar refractivity (Wildman–Crippen MR) is 130 cm³/mol. The largest absolute Gasteiger partial charge is 0.444 e. The molecule has 1 aromatic carbocycles. The Balaban J connectivity index is 1.55. The number of fused-ring (bicyclic) bond motifs is 1. The number of amides is 1. The number of carbonyl (C=O) groups excluding carboxylic acids is 1. The van der Waals surface area contributed by atoms with Crippen molar-refractivity contribution in [3.05, 3.63) is 40.8 Å². The Morgan fingerprint density at radius 3 is 2.33 bits per heavy atom. The second kappa shape index (κ2) is 9.46. The summed E-state index contributed by atoms with van der Waals surface area (Å²) in [6.45, 7) is 11.3. The molecule has 1 amide bonds. The molecule has 0 bridgehead atoms. The van der Waals surface area contributed by atoms with Crippen molar-refractivity contribution in [3.63, 3.8) is 0 Å². The summed E-state index contributed by atoms with van der Waals surface area (Å²) < 4.78 is 9.15. The molecule has 8 heteroatoms. The van der Waals surface area contributed by atoms with Crippen LogP contribution >= 0.6 is 0 Å². The molecule has 0 aliphatic carbocycles. The van der Waals surface area contributed by atoms with Gasteiger partial charge in [0.15, 0.2) is 0 Å². The number of imidazole rings is 1. The van der Waals surface area contributed by atoms with Crippen molar-refractivity contribution in [2.45, 2.75) is 39.5 Å². The molecule has 2 aromatic rings. The Morgan fingerprint density at radius 2 is 1.73 bits per heavy atom. The Kier molecular flexibility index (Phi) is 6.63. The van der Waals surface area contributed by atoms with Gasteiger partial charge in [0.25, 0.3) is 0 Å². The van der Waals surface area contributed by atoms with Gasteiger partial charge in [0.1, 0.15) is 5.60 Å². The molecule has 1 fully saturated rings. The third-order valence-electron chi connectivity index (χ3n) is 6.08. The van der Waals surface area contributed by atoms with E-state index in [0.717, 1.165) is 42.9 Å². The minimum atomic E-state index is -0.530. The van der Waals surface area contributed by atoms with E-state index in [2.05, 4.69) is 15.7 Å². The van der Waals surface area contributed by atoms with Gasteiger partial charge in [-0.25, -0.2) is 9.59 Å². The van der Waals surface area contributed by atoms with Gasteiger partial charge in [0.2, 0.25) is 0 Å². The van der Waals surface area contributed by atoms with Gasteiger partial charge in [-0.15, -0.1) is 6.42 Å². The standard InChI is InChI=1S/C25H33N5O3/c1-5-12-26-15-17-27(18-16-26)19-29-21-8-6-7-9-22(21)30(23(29)31)20-10-13-28(14-11-20)24(32)33-25(2,3)4/h1,6-10H,11-19H2,2-4H3. The molecule has 0 N–H and O–H groups in total. The van der Waals surface area contributed by atoms with Gasteiger partial charge in [-0.3, -0.25) is 18.9 Å². The summed E-state index contributed by atoms with van der Waals surface area (Å²) in [5.74, 6) is 2.71. The van der Waals surface area contributed by atoms with Crippen LogP contribution in [0.5, 0.6) is 0 Å². The summed E-state index contributed by atoms with van der Waals surface area (Å²) in [6.07, 6.45) is 7.67. The lowest BCUT2D eigenvalue weighted by atomic mass is 10.2. The third kappa shape index (κ3) is 5.15. The lowest BCUT2D eigenvalue weighted by Crippen LogP contribution is -2.47. The maximum absolute atomic E-state index is 13.5. The monoisotopic (exact) mass is 451 g/mol. The molecule has 4 rings (SSSR count). The summed E-state index contributed by atoms with van der Waals surface area (Å²) in [6, 6.07) is 7.90. The van der Waals surface area contributed by atoms with Crippen molar-refractivity contribution >= 4 is 22.8 Å². The van der Waals surface area contributed by atoms with E-state index < -0.39 is 5.60 Å². The van der Waals surface area contributed by atoms with Crippen LogP contribution in [-0.4, -0.2) is 81.3 Å². The number of terminal acetylenes is 1. The molecule has 0 unspecified atom stereocenters. The van der Waals surface area contributed by atoms with Gasteiger partial charge in [-0.05, 0) is 39.0 Å². The molecule has 0 saturated carbocycles. The number of carbonyl (C=O) groups is 1. The molecule has 33 heavy (non-hydrogen) atoms. The molecule has 3 heterocycles. The van der Waals surface area contributed by atoms with Crippen molar-refractivity contribution in [1.82, 2.24) is 23.8 Å². The average molecular weight is 452 g/mol. The summed E-state index contributed by atoms with van der Waals surface area (Å²) in [7, 11) is 0. The molecule has 176 valence electrons. The number of hydrogen-bond acceptors (Lipinski definition) is 5. The van der Waals surface area contributed by atoms with Crippen LogP contribution in [0.25, 0.3) is 16.7 Å². The summed E-state index contributed by atoms with van der Waals surface area (Å²) in [4.78, 5) is 32.2. The minimum Gasteiger partial charge on any atom is -0.444 e. The molecule has 1 aromatic heterocycles. The number of piperazine rings is 1. The van der Waals surface area contributed by atoms with E-state index in [4.69, 9.17) is 11.2 Å². The van der Waals surface area contributed by atoms with E-state index in [0.29, 0.717) is 32.7 Å². The van der Waals surface area contributed by atoms with Crippen LogP contribution in [0.4, 0.5) is 4.79 Å². The van der Waals surface area contributed by atoms with Gasteiger partial charge >= 0.3 is 11.8 Å². The van der Waals surface area contributed by atoms with Gasteiger partial charge in [-0.2, -0.15) is 0 Å². The molecule has 8 nitrogen and oxygen atoms in total. The first kappa shape index (κ1) is 23.1. The summed E-state index contributed by atoms with van der Waals surface area (Å²) in [5, 5.41) is 0. The zero-order valence-electron chi connectivity index (χ0n) is 19.8. The van der Waals surface area contributed by atoms with Gasteiger partial charge < -0.3 is 9.64 Å². The van der Waals surface area contributed by atoms with Crippen molar-refractivity contribution < 1.29 is 9.53 Å². The van der Waals surface area contributed by atoms with E-state index in [-0.39, 0.29) is 11.8 Å². The van der Waals surface area contributed by atoms with Crippen molar-refractivity contribution in [1.29, 1.82) is 0 Å². The molecule has 0 atom stereocenters. The fourth-order valence-electron chi connectivity index (χ4n) is 4.39. The molecule has 2 aliphatic heterocycles. The first-order valence-electron chi connectivity index (χ1n) is 11.5. The van der Waals surface area contributed by atoms with E-state index in [1.165, 1.54) is 0 Å². The highest BCUT2D eigenvalue weighted by atomic mass is 16.6. The lowest BCUT2D eigenvalue weighted by molar-refractivity contribution is 0.0269. The predicted octanol–water partition coefficient (Wildman–Crippen LogP) is 2.49. The van der Waals surface area contributed by atoms with Crippen LogP contribution in [0.2, 0.25) is 0 Å². The zero-order valence-corrected chi connectivity index (χ0v) is 19.8. The van der Waals surface area contributed by atoms with Gasteiger partial charge in [-0.1, -0.05) is 18.1 Å². The van der Waals surface area contributed by atoms with E-state index in [9.17, 15) is 9.59 Å². The van der Waals surface area contributed by atoms with Gasteiger partial charge in [0, 0.05) is 51.4 Å². The number of para-hydroxylation sites is 2. The smallest absolute Gasteiger partial charge is 0.410 e. The van der Waals surface area contributed by atoms with E-state index >= 15 is 0 Å². The average Bonchev–Trinajstić information content (AvgIpc) is 3.05. The molecule has 0 radical (unpaired) electrons. The molecular weight excluding hydrogens is 418 g/mol. The van der Waals surface area contributed by atoms with Crippen molar-refractivity contribution in [2.24, 2.45) is 0 Å².